The van der Waals surface area contributed by atoms with E-state index in [1.807, 2.05) is 48.1 Å². The zero-order valence-electron chi connectivity index (χ0n) is 14.0. The smallest absolute Gasteiger partial charge is 0.140 e. The molecule has 0 bridgehead atoms. The van der Waals surface area contributed by atoms with Gasteiger partial charge in [0.15, 0.2) is 0 Å². The summed E-state index contributed by atoms with van der Waals surface area (Å²) in [7, 11) is 3.28. The summed E-state index contributed by atoms with van der Waals surface area (Å²) < 4.78 is 12.4. The van der Waals surface area contributed by atoms with Gasteiger partial charge in [-0.05, 0) is 30.7 Å². The van der Waals surface area contributed by atoms with Gasteiger partial charge in [0.2, 0.25) is 0 Å². The van der Waals surface area contributed by atoms with Crippen LogP contribution in [0.1, 0.15) is 11.3 Å². The van der Waals surface area contributed by atoms with Gasteiger partial charge in [-0.25, -0.2) is 4.98 Å². The van der Waals surface area contributed by atoms with Crippen LogP contribution in [0, 0.1) is 6.92 Å². The standard InChI is InChI=1S/C18H20N4O2/c1-12-17(24-3)8-16(18(19)21-12)14-9-20-22(11-14)10-13-4-6-15(23-2)7-5-13/h4-9,11H,10H2,1-3H3,(H2,19,21). The molecule has 2 heterocycles. The van der Waals surface area contributed by atoms with E-state index in [1.165, 1.54) is 0 Å². The van der Waals surface area contributed by atoms with Gasteiger partial charge in [-0.15, -0.1) is 0 Å². The topological polar surface area (TPSA) is 75.2 Å². The Morgan fingerprint density at radius 3 is 2.54 bits per heavy atom. The van der Waals surface area contributed by atoms with E-state index in [2.05, 4.69) is 10.1 Å². The zero-order valence-corrected chi connectivity index (χ0v) is 14.0. The Morgan fingerprint density at radius 1 is 1.12 bits per heavy atom. The second-order valence-corrected chi connectivity index (χ2v) is 5.48. The minimum atomic E-state index is 0.470. The summed E-state index contributed by atoms with van der Waals surface area (Å²) in [6.45, 7) is 2.53. The molecule has 2 aromatic heterocycles. The van der Waals surface area contributed by atoms with Crippen LogP contribution in [0.2, 0.25) is 0 Å². The summed E-state index contributed by atoms with van der Waals surface area (Å²) in [6.07, 6.45) is 3.73. The maximum atomic E-state index is 6.05. The number of nitrogens with two attached hydrogens (primary N) is 1. The van der Waals surface area contributed by atoms with E-state index in [0.717, 1.165) is 28.1 Å². The van der Waals surface area contributed by atoms with Crippen molar-refractivity contribution in [3.8, 4) is 22.6 Å². The van der Waals surface area contributed by atoms with E-state index < -0.39 is 0 Å². The molecule has 0 saturated heterocycles. The minimum absolute atomic E-state index is 0.470. The molecule has 6 nitrogen and oxygen atoms in total. The maximum absolute atomic E-state index is 6.05. The number of anilines is 1. The van der Waals surface area contributed by atoms with E-state index in [4.69, 9.17) is 15.2 Å². The molecule has 24 heavy (non-hydrogen) atoms. The lowest BCUT2D eigenvalue weighted by atomic mass is 10.1. The van der Waals surface area contributed by atoms with E-state index >= 15 is 0 Å². The lowest BCUT2D eigenvalue weighted by Crippen LogP contribution is -2.00. The Labute approximate surface area is 140 Å². The monoisotopic (exact) mass is 324 g/mol. The molecule has 1 aromatic carbocycles. The lowest BCUT2D eigenvalue weighted by Gasteiger charge is -2.08. The average Bonchev–Trinajstić information content (AvgIpc) is 3.04. The number of methoxy groups -OCH3 is 2. The molecular weight excluding hydrogens is 304 g/mol. The van der Waals surface area contributed by atoms with Crippen LogP contribution in [0.25, 0.3) is 11.1 Å². The average molecular weight is 324 g/mol. The second-order valence-electron chi connectivity index (χ2n) is 5.48. The van der Waals surface area contributed by atoms with Crippen LogP contribution >= 0.6 is 0 Å². The van der Waals surface area contributed by atoms with Crippen LogP contribution in [0.3, 0.4) is 0 Å². The molecule has 6 heteroatoms. The second kappa shape index (κ2) is 6.62. The van der Waals surface area contributed by atoms with Crippen molar-refractivity contribution in [1.82, 2.24) is 14.8 Å². The zero-order chi connectivity index (χ0) is 17.1. The van der Waals surface area contributed by atoms with E-state index in [0.29, 0.717) is 18.1 Å². The number of rotatable bonds is 5. The van der Waals surface area contributed by atoms with Gasteiger partial charge in [0, 0.05) is 17.3 Å². The Kier molecular flexibility index (Phi) is 4.37. The molecule has 3 rings (SSSR count). The summed E-state index contributed by atoms with van der Waals surface area (Å²) in [5.41, 5.74) is 9.69. The van der Waals surface area contributed by atoms with Gasteiger partial charge in [0.1, 0.15) is 17.3 Å². The molecular formula is C18H20N4O2. The summed E-state index contributed by atoms with van der Waals surface area (Å²) in [6, 6.07) is 9.81. The molecule has 3 aromatic rings. The van der Waals surface area contributed by atoms with Gasteiger partial charge in [0.05, 0.1) is 32.7 Å². The minimum Gasteiger partial charge on any atom is -0.497 e. The third-order valence-electron chi connectivity index (χ3n) is 3.86. The largest absolute Gasteiger partial charge is 0.497 e. The molecule has 0 aliphatic rings. The van der Waals surface area contributed by atoms with Gasteiger partial charge < -0.3 is 15.2 Å². The van der Waals surface area contributed by atoms with Gasteiger partial charge in [-0.2, -0.15) is 5.10 Å². The van der Waals surface area contributed by atoms with Crippen LogP contribution < -0.4 is 15.2 Å². The molecule has 0 amide bonds. The van der Waals surface area contributed by atoms with Crippen LogP contribution in [-0.4, -0.2) is 29.0 Å². The van der Waals surface area contributed by atoms with Gasteiger partial charge in [0.25, 0.3) is 0 Å². The van der Waals surface area contributed by atoms with Gasteiger partial charge in [-0.3, -0.25) is 4.68 Å². The Bertz CT molecular complexity index is 841. The first-order chi connectivity index (χ1) is 11.6. The number of ether oxygens (including phenoxy) is 2. The lowest BCUT2D eigenvalue weighted by molar-refractivity contribution is 0.409. The van der Waals surface area contributed by atoms with E-state index in [9.17, 15) is 0 Å². The molecule has 0 radical (unpaired) electrons. The third kappa shape index (κ3) is 3.17. The van der Waals surface area contributed by atoms with Crippen molar-refractivity contribution in [1.29, 1.82) is 0 Å². The summed E-state index contributed by atoms with van der Waals surface area (Å²) >= 11 is 0. The number of aryl methyl sites for hydroxylation is 1. The SMILES string of the molecule is COc1ccc(Cn2cc(-c3cc(OC)c(C)nc3N)cn2)cc1. The fraction of sp³-hybridized carbons (Fsp3) is 0.222. The quantitative estimate of drug-likeness (QED) is 0.781. The van der Waals surface area contributed by atoms with E-state index in [1.54, 1.807) is 20.4 Å². The number of benzene rings is 1. The number of nitrogens with zero attached hydrogens (tertiary/aromatic N) is 3. The van der Waals surface area contributed by atoms with Crippen molar-refractivity contribution in [2.45, 2.75) is 13.5 Å². The first-order valence-corrected chi connectivity index (χ1v) is 7.57. The van der Waals surface area contributed by atoms with Crippen molar-refractivity contribution in [3.05, 3.63) is 54.0 Å². The summed E-state index contributed by atoms with van der Waals surface area (Å²) in [5.74, 6) is 2.02. The van der Waals surface area contributed by atoms with Crippen molar-refractivity contribution >= 4 is 5.82 Å². The predicted molar refractivity (Wildman–Crippen MR) is 93.3 cm³/mol. The van der Waals surface area contributed by atoms with Crippen molar-refractivity contribution in [2.24, 2.45) is 0 Å². The highest BCUT2D eigenvalue weighted by Gasteiger charge is 2.11. The van der Waals surface area contributed by atoms with Crippen molar-refractivity contribution < 1.29 is 9.47 Å². The number of nitrogen functional groups attached to an aromatic ring is 1. The normalized spacial score (nSPS) is 10.6. The van der Waals surface area contributed by atoms with Crippen molar-refractivity contribution in [2.75, 3.05) is 20.0 Å². The molecule has 0 fully saturated rings. The van der Waals surface area contributed by atoms with Crippen LogP contribution in [-0.2, 0) is 6.54 Å². The number of aromatic nitrogens is 3. The molecule has 0 aliphatic heterocycles. The van der Waals surface area contributed by atoms with E-state index in [-0.39, 0.29) is 0 Å². The first kappa shape index (κ1) is 15.9. The number of pyridine rings is 1. The third-order valence-corrected chi connectivity index (χ3v) is 3.86. The maximum Gasteiger partial charge on any atom is 0.140 e. The highest BCUT2D eigenvalue weighted by atomic mass is 16.5. The van der Waals surface area contributed by atoms with Crippen LogP contribution in [0.4, 0.5) is 5.82 Å². The molecule has 0 atom stereocenters. The number of hydrogen-bond acceptors (Lipinski definition) is 5. The molecule has 0 unspecified atom stereocenters. The molecule has 2 N–H and O–H groups in total. The fourth-order valence-corrected chi connectivity index (χ4v) is 2.55. The Hall–Kier alpha value is -3.02. The Morgan fingerprint density at radius 2 is 1.88 bits per heavy atom. The fourth-order valence-electron chi connectivity index (χ4n) is 2.55. The van der Waals surface area contributed by atoms with Gasteiger partial charge in [-0.1, -0.05) is 12.1 Å². The van der Waals surface area contributed by atoms with Crippen LogP contribution in [0.15, 0.2) is 42.7 Å². The first-order valence-electron chi connectivity index (χ1n) is 7.57. The highest BCUT2D eigenvalue weighted by molar-refractivity contribution is 5.74. The van der Waals surface area contributed by atoms with Crippen LogP contribution in [0.5, 0.6) is 11.5 Å². The molecule has 0 aliphatic carbocycles. The highest BCUT2D eigenvalue weighted by Crippen LogP contribution is 2.30. The number of hydrogen-bond donors (Lipinski definition) is 1. The van der Waals surface area contributed by atoms with Gasteiger partial charge >= 0.3 is 0 Å². The Balaban J connectivity index is 1.85. The molecule has 0 spiro atoms. The van der Waals surface area contributed by atoms with Crippen molar-refractivity contribution in [3.63, 3.8) is 0 Å². The summed E-state index contributed by atoms with van der Waals surface area (Å²) in [5, 5.41) is 4.41. The molecule has 124 valence electrons. The molecule has 0 saturated carbocycles. The predicted octanol–water partition coefficient (Wildman–Crippen LogP) is 2.90. The summed E-state index contributed by atoms with van der Waals surface area (Å²) in [4.78, 5) is 4.33.